The third-order valence-corrected chi connectivity index (χ3v) is 4.32. The number of aryl methyl sites for hydroxylation is 1. The second-order valence-electron chi connectivity index (χ2n) is 6.64. The fourth-order valence-electron chi connectivity index (χ4n) is 2.64. The number of nitrogens with zero attached hydrogens (tertiary/aromatic N) is 2. The van der Waals surface area contributed by atoms with Gasteiger partial charge in [0.25, 0.3) is 5.91 Å². The van der Waals surface area contributed by atoms with Gasteiger partial charge in [-0.05, 0) is 55.0 Å². The number of carbonyl (C=O) groups is 1. The summed E-state index contributed by atoms with van der Waals surface area (Å²) in [7, 11) is 0. The molecule has 30 heavy (non-hydrogen) atoms. The van der Waals surface area contributed by atoms with Crippen LogP contribution in [0.4, 0.5) is 5.69 Å². The van der Waals surface area contributed by atoms with Crippen LogP contribution in [0.3, 0.4) is 0 Å². The Balaban J connectivity index is 1.44. The topological polar surface area (TPSA) is 86.5 Å². The van der Waals surface area contributed by atoms with Crippen LogP contribution in [0.15, 0.2) is 77.9 Å². The maximum absolute atomic E-state index is 11.9. The Morgan fingerprint density at radius 3 is 2.53 bits per heavy atom. The minimum absolute atomic E-state index is 0.136. The first-order valence-electron chi connectivity index (χ1n) is 9.47. The highest BCUT2D eigenvalue weighted by Crippen LogP contribution is 2.15. The molecule has 0 aliphatic heterocycles. The fourth-order valence-corrected chi connectivity index (χ4v) is 2.64. The molecule has 0 saturated carbocycles. The number of amides is 1. The molecule has 6 heteroatoms. The largest absolute Gasteiger partial charge is 0.489 e. The van der Waals surface area contributed by atoms with Crippen molar-refractivity contribution >= 4 is 17.8 Å². The van der Waals surface area contributed by atoms with Gasteiger partial charge in [-0.25, -0.2) is 5.43 Å². The van der Waals surface area contributed by atoms with Crippen molar-refractivity contribution < 1.29 is 9.53 Å². The number of anilines is 1. The van der Waals surface area contributed by atoms with E-state index in [0.717, 1.165) is 22.4 Å². The van der Waals surface area contributed by atoms with Gasteiger partial charge in [0.05, 0.1) is 24.4 Å². The van der Waals surface area contributed by atoms with Crippen molar-refractivity contribution in [3.05, 3.63) is 95.1 Å². The van der Waals surface area contributed by atoms with Crippen LogP contribution in [0.25, 0.3) is 0 Å². The van der Waals surface area contributed by atoms with Crippen molar-refractivity contribution in [1.82, 2.24) is 5.43 Å². The molecule has 0 atom stereocenters. The van der Waals surface area contributed by atoms with E-state index in [4.69, 9.17) is 10.00 Å². The van der Waals surface area contributed by atoms with Gasteiger partial charge >= 0.3 is 0 Å². The van der Waals surface area contributed by atoms with Crippen LogP contribution in [0.2, 0.25) is 0 Å². The lowest BCUT2D eigenvalue weighted by Crippen LogP contribution is -2.25. The zero-order valence-electron chi connectivity index (χ0n) is 16.6. The van der Waals surface area contributed by atoms with E-state index in [1.165, 1.54) is 0 Å². The van der Waals surface area contributed by atoms with Crippen LogP contribution in [0, 0.1) is 18.3 Å². The Kier molecular flexibility index (Phi) is 7.17. The zero-order valence-corrected chi connectivity index (χ0v) is 16.6. The molecule has 0 unspecified atom stereocenters. The molecule has 2 N–H and O–H groups in total. The third-order valence-electron chi connectivity index (χ3n) is 4.32. The lowest BCUT2D eigenvalue weighted by Gasteiger charge is -2.07. The fraction of sp³-hybridized carbons (Fsp3) is 0.125. The Morgan fingerprint density at radius 1 is 1.07 bits per heavy atom. The van der Waals surface area contributed by atoms with Crippen LogP contribution in [-0.2, 0) is 11.4 Å². The van der Waals surface area contributed by atoms with E-state index in [0.29, 0.717) is 17.9 Å². The first-order valence-corrected chi connectivity index (χ1v) is 9.47. The molecule has 3 aromatic carbocycles. The molecule has 3 aromatic rings. The predicted octanol–water partition coefficient (Wildman–Crippen LogP) is 4.01. The zero-order chi connectivity index (χ0) is 21.2. The Morgan fingerprint density at radius 2 is 1.80 bits per heavy atom. The first kappa shape index (κ1) is 20.6. The van der Waals surface area contributed by atoms with Crippen molar-refractivity contribution in [1.29, 1.82) is 5.26 Å². The van der Waals surface area contributed by atoms with Crippen LogP contribution in [-0.4, -0.2) is 18.7 Å². The summed E-state index contributed by atoms with van der Waals surface area (Å²) in [6, 6.07) is 24.6. The molecule has 3 rings (SSSR count). The van der Waals surface area contributed by atoms with Crippen molar-refractivity contribution in [3.8, 4) is 11.8 Å². The maximum Gasteiger partial charge on any atom is 0.259 e. The van der Waals surface area contributed by atoms with Crippen molar-refractivity contribution in [3.63, 3.8) is 0 Å². The second kappa shape index (κ2) is 10.4. The highest BCUT2D eigenvalue weighted by atomic mass is 16.5. The van der Waals surface area contributed by atoms with Gasteiger partial charge in [0, 0.05) is 11.3 Å². The summed E-state index contributed by atoms with van der Waals surface area (Å²) in [5.41, 5.74) is 6.81. The lowest BCUT2D eigenvalue weighted by molar-refractivity contribution is -0.119. The summed E-state index contributed by atoms with van der Waals surface area (Å²) in [5.74, 6) is 0.453. The molecule has 0 spiro atoms. The number of nitriles is 1. The maximum atomic E-state index is 11.9. The standard InChI is InChI=1S/C24H22N4O2/c1-18-6-10-22(11-7-18)26-16-24(29)28-27-15-19-8-12-23(13-9-19)30-17-21-5-3-2-4-20(21)14-25/h2-13,15,26H,16-17H2,1H3,(H,28,29)/b27-15-. The van der Waals surface area contributed by atoms with E-state index in [-0.39, 0.29) is 12.5 Å². The Labute approximate surface area is 175 Å². The molecule has 0 radical (unpaired) electrons. The van der Waals surface area contributed by atoms with Crippen molar-refractivity contribution in [2.45, 2.75) is 13.5 Å². The SMILES string of the molecule is Cc1ccc(NCC(=O)N/N=C\c2ccc(OCc3ccccc3C#N)cc2)cc1. The molecule has 0 heterocycles. The minimum atomic E-state index is -0.233. The Bertz CT molecular complexity index is 1050. The normalized spacial score (nSPS) is 10.4. The summed E-state index contributed by atoms with van der Waals surface area (Å²) in [4.78, 5) is 11.9. The molecule has 6 nitrogen and oxygen atoms in total. The van der Waals surface area contributed by atoms with E-state index in [2.05, 4.69) is 21.9 Å². The summed E-state index contributed by atoms with van der Waals surface area (Å²) >= 11 is 0. The molecule has 150 valence electrons. The Hall–Kier alpha value is -4.11. The minimum Gasteiger partial charge on any atom is -0.489 e. The van der Waals surface area contributed by atoms with Gasteiger partial charge in [-0.1, -0.05) is 35.9 Å². The highest BCUT2D eigenvalue weighted by Gasteiger charge is 2.02. The lowest BCUT2D eigenvalue weighted by atomic mass is 10.1. The molecule has 0 saturated heterocycles. The average molecular weight is 398 g/mol. The van der Waals surface area contributed by atoms with E-state index < -0.39 is 0 Å². The van der Waals surface area contributed by atoms with Gasteiger partial charge in [-0.3, -0.25) is 4.79 Å². The van der Waals surface area contributed by atoms with Gasteiger partial charge in [-0.2, -0.15) is 10.4 Å². The molecule has 0 aliphatic rings. The van der Waals surface area contributed by atoms with E-state index in [9.17, 15) is 4.79 Å². The highest BCUT2D eigenvalue weighted by molar-refractivity contribution is 5.84. The van der Waals surface area contributed by atoms with Crippen molar-refractivity contribution in [2.75, 3.05) is 11.9 Å². The first-order chi connectivity index (χ1) is 14.6. The number of nitrogens with one attached hydrogen (secondary N) is 2. The number of hydrogen-bond acceptors (Lipinski definition) is 5. The number of benzene rings is 3. The smallest absolute Gasteiger partial charge is 0.259 e. The summed E-state index contributed by atoms with van der Waals surface area (Å²) in [6.45, 7) is 2.47. The van der Waals surface area contributed by atoms with E-state index in [1.54, 1.807) is 12.3 Å². The molecule has 0 fully saturated rings. The van der Waals surface area contributed by atoms with Crippen LogP contribution < -0.4 is 15.5 Å². The van der Waals surface area contributed by atoms with Gasteiger partial charge in [0.2, 0.25) is 0 Å². The van der Waals surface area contributed by atoms with Crippen LogP contribution in [0.1, 0.15) is 22.3 Å². The van der Waals surface area contributed by atoms with Crippen molar-refractivity contribution in [2.24, 2.45) is 5.10 Å². The van der Waals surface area contributed by atoms with E-state index >= 15 is 0 Å². The number of ether oxygens (including phenoxy) is 1. The molecule has 1 amide bonds. The quantitative estimate of drug-likeness (QED) is 0.443. The van der Waals surface area contributed by atoms with E-state index in [1.807, 2.05) is 73.7 Å². The number of hydrazone groups is 1. The predicted molar refractivity (Wildman–Crippen MR) is 117 cm³/mol. The summed E-state index contributed by atoms with van der Waals surface area (Å²) < 4.78 is 5.74. The molecule has 0 aromatic heterocycles. The average Bonchev–Trinajstić information content (AvgIpc) is 2.78. The van der Waals surface area contributed by atoms with Crippen LogP contribution in [0.5, 0.6) is 5.75 Å². The second-order valence-corrected chi connectivity index (χ2v) is 6.64. The third kappa shape index (κ3) is 6.21. The van der Waals surface area contributed by atoms with Gasteiger partial charge in [0.15, 0.2) is 0 Å². The summed E-state index contributed by atoms with van der Waals surface area (Å²) in [5, 5.41) is 16.1. The molecular formula is C24H22N4O2. The van der Waals surface area contributed by atoms with Gasteiger partial charge < -0.3 is 10.1 Å². The van der Waals surface area contributed by atoms with Crippen LogP contribution >= 0.6 is 0 Å². The number of rotatable bonds is 8. The number of hydrogen-bond donors (Lipinski definition) is 2. The molecule has 0 bridgehead atoms. The van der Waals surface area contributed by atoms with Gasteiger partial charge in [0.1, 0.15) is 12.4 Å². The molecule has 0 aliphatic carbocycles. The monoisotopic (exact) mass is 398 g/mol. The van der Waals surface area contributed by atoms with Gasteiger partial charge in [-0.15, -0.1) is 0 Å². The molecular weight excluding hydrogens is 376 g/mol. The number of carbonyl (C=O) groups excluding carboxylic acids is 1. The summed E-state index contributed by atoms with van der Waals surface area (Å²) in [6.07, 6.45) is 1.57.